The Morgan fingerprint density at radius 1 is 1.28 bits per heavy atom. The van der Waals surface area contributed by atoms with E-state index in [1.807, 2.05) is 13.0 Å². The maximum Gasteiger partial charge on any atom is 0.265 e. The van der Waals surface area contributed by atoms with Gasteiger partial charge in [0.1, 0.15) is 11.6 Å². The lowest BCUT2D eigenvalue weighted by molar-refractivity contribution is 0.182. The number of nitrogens with one attached hydrogen (secondary N) is 1. The Bertz CT molecular complexity index is 1140. The normalized spacial score (nSPS) is 16.7. The molecule has 0 radical (unpaired) electrons. The fourth-order valence-electron chi connectivity index (χ4n) is 3.27. The number of benzene rings is 2. The van der Waals surface area contributed by atoms with Crippen molar-refractivity contribution in [3.05, 3.63) is 65.2 Å². The van der Waals surface area contributed by atoms with Crippen molar-refractivity contribution in [3.8, 4) is 5.75 Å². The van der Waals surface area contributed by atoms with Crippen LogP contribution in [0.3, 0.4) is 0 Å². The van der Waals surface area contributed by atoms with Crippen molar-refractivity contribution in [2.45, 2.75) is 18.2 Å². The second-order valence-electron chi connectivity index (χ2n) is 7.58. The molecule has 0 aliphatic carbocycles. The van der Waals surface area contributed by atoms with Gasteiger partial charge in [-0.1, -0.05) is 29.8 Å². The van der Waals surface area contributed by atoms with Crippen LogP contribution in [0.15, 0.2) is 64.0 Å². The Hall–Kier alpha value is -3.17. The van der Waals surface area contributed by atoms with E-state index in [-0.39, 0.29) is 29.0 Å². The van der Waals surface area contributed by atoms with Gasteiger partial charge in [-0.2, -0.15) is 4.99 Å². The average molecular weight is 457 g/mol. The van der Waals surface area contributed by atoms with E-state index in [9.17, 15) is 13.5 Å². The lowest BCUT2D eigenvalue weighted by atomic mass is 10.1. The summed E-state index contributed by atoms with van der Waals surface area (Å²) in [5.74, 6) is 0.264. The molecule has 0 spiro atoms. The summed E-state index contributed by atoms with van der Waals surface area (Å²) >= 11 is 0. The Kier molecular flexibility index (Phi) is 7.32. The van der Waals surface area contributed by atoms with Gasteiger partial charge in [0, 0.05) is 27.2 Å². The predicted octanol–water partition coefficient (Wildman–Crippen LogP) is 3.09. The number of methoxy groups -OCH3 is 1. The van der Waals surface area contributed by atoms with Crippen LogP contribution in [0.2, 0.25) is 0 Å². The van der Waals surface area contributed by atoms with Crippen LogP contribution >= 0.6 is 0 Å². The highest BCUT2D eigenvalue weighted by atomic mass is 32.2. The van der Waals surface area contributed by atoms with Gasteiger partial charge in [0.25, 0.3) is 10.0 Å². The predicted molar refractivity (Wildman–Crippen MR) is 125 cm³/mol. The van der Waals surface area contributed by atoms with Gasteiger partial charge < -0.3 is 14.7 Å². The number of aryl methyl sites for hydroxylation is 1. The molecule has 1 heterocycles. The number of rotatable bonds is 6. The van der Waals surface area contributed by atoms with Crippen LogP contribution < -0.4 is 0 Å². The minimum atomic E-state index is -3.85. The number of ether oxygens (including phenoxy) is 1. The van der Waals surface area contributed by atoms with Gasteiger partial charge in [-0.15, -0.1) is 0 Å². The Morgan fingerprint density at radius 3 is 2.66 bits per heavy atom. The number of phenols is 1. The molecule has 170 valence electrons. The minimum absolute atomic E-state index is 0.0649. The number of phenolic OH excluding ortho intramolecular Hbond substituents is 1. The number of likely N-dealkylation sites (N-methyl/N-ethyl adjacent to an activating group) is 1. The molecule has 32 heavy (non-hydrogen) atoms. The van der Waals surface area contributed by atoms with E-state index >= 15 is 0 Å². The van der Waals surface area contributed by atoms with Crippen molar-refractivity contribution in [2.75, 3.05) is 33.9 Å². The SMILES string of the molecule is COCCN(C)C(=N)N=C1/C(=C/c2cccc(O)c2)CCN1S(=O)(=O)c1ccc(C)cc1. The second kappa shape index (κ2) is 9.97. The number of guanidine groups is 1. The number of aromatic hydroxyl groups is 1. The molecule has 0 bridgehead atoms. The van der Waals surface area contributed by atoms with Gasteiger partial charge in [-0.3, -0.25) is 5.41 Å². The van der Waals surface area contributed by atoms with Gasteiger partial charge in [0.05, 0.1) is 11.5 Å². The van der Waals surface area contributed by atoms with Crippen LogP contribution in [0.1, 0.15) is 17.5 Å². The maximum absolute atomic E-state index is 13.4. The summed E-state index contributed by atoms with van der Waals surface area (Å²) in [4.78, 5) is 6.18. The molecule has 3 rings (SSSR count). The molecule has 1 aliphatic rings. The molecule has 1 fully saturated rings. The zero-order chi connectivity index (χ0) is 23.3. The van der Waals surface area contributed by atoms with E-state index in [0.717, 1.165) is 11.1 Å². The van der Waals surface area contributed by atoms with E-state index in [1.165, 1.54) is 4.31 Å². The molecule has 0 amide bonds. The summed E-state index contributed by atoms with van der Waals surface area (Å²) in [7, 11) is -0.572. The standard InChI is InChI=1S/C23H28N4O4S/c1-17-7-9-21(10-8-17)32(29,30)27-12-11-19(15-18-5-4-6-20(28)16-18)22(27)25-23(24)26(2)13-14-31-3/h4-10,15-16,24,28H,11-14H2,1-3H3/b19-15+,24-23?,25-22?. The molecule has 0 unspecified atom stereocenters. The molecule has 2 aromatic carbocycles. The van der Waals surface area contributed by atoms with Crippen molar-refractivity contribution < 1.29 is 18.3 Å². The lowest BCUT2D eigenvalue weighted by Crippen LogP contribution is -2.35. The number of aliphatic imine (C=N–C) groups is 1. The van der Waals surface area contributed by atoms with Crippen LogP contribution in [-0.2, 0) is 14.8 Å². The van der Waals surface area contributed by atoms with Gasteiger partial charge in [0.15, 0.2) is 0 Å². The van der Waals surface area contributed by atoms with E-state index in [0.29, 0.717) is 25.1 Å². The van der Waals surface area contributed by atoms with Gasteiger partial charge >= 0.3 is 0 Å². The lowest BCUT2D eigenvalue weighted by Gasteiger charge is -2.21. The first-order valence-electron chi connectivity index (χ1n) is 10.2. The number of nitrogens with zero attached hydrogens (tertiary/aromatic N) is 3. The van der Waals surface area contributed by atoms with Crippen molar-refractivity contribution in [1.82, 2.24) is 9.21 Å². The number of sulfonamides is 1. The molecule has 8 nitrogen and oxygen atoms in total. The van der Waals surface area contributed by atoms with Crippen molar-refractivity contribution in [3.63, 3.8) is 0 Å². The van der Waals surface area contributed by atoms with Crippen molar-refractivity contribution in [1.29, 1.82) is 5.41 Å². The number of amidine groups is 1. The van der Waals surface area contributed by atoms with E-state index in [4.69, 9.17) is 10.1 Å². The second-order valence-corrected chi connectivity index (χ2v) is 9.44. The monoisotopic (exact) mass is 456 g/mol. The third-order valence-corrected chi connectivity index (χ3v) is 6.94. The van der Waals surface area contributed by atoms with Gasteiger partial charge in [-0.25, -0.2) is 12.7 Å². The molecule has 2 N–H and O–H groups in total. The highest BCUT2D eigenvalue weighted by molar-refractivity contribution is 7.89. The first-order valence-corrected chi connectivity index (χ1v) is 11.6. The average Bonchev–Trinajstić information content (AvgIpc) is 3.15. The minimum Gasteiger partial charge on any atom is -0.508 e. The summed E-state index contributed by atoms with van der Waals surface area (Å²) in [6.07, 6.45) is 2.24. The first-order chi connectivity index (χ1) is 15.2. The van der Waals surface area contributed by atoms with Crippen LogP contribution in [0.4, 0.5) is 0 Å². The van der Waals surface area contributed by atoms with E-state index in [2.05, 4.69) is 4.99 Å². The van der Waals surface area contributed by atoms with Crippen molar-refractivity contribution >= 4 is 27.9 Å². The highest BCUT2D eigenvalue weighted by Crippen LogP contribution is 2.29. The molecule has 0 atom stereocenters. The molecule has 0 saturated carbocycles. The fourth-order valence-corrected chi connectivity index (χ4v) is 4.72. The smallest absolute Gasteiger partial charge is 0.265 e. The van der Waals surface area contributed by atoms with Gasteiger partial charge in [-0.05, 0) is 54.8 Å². The summed E-state index contributed by atoms with van der Waals surface area (Å²) in [6, 6.07) is 13.4. The molecular weight excluding hydrogens is 428 g/mol. The zero-order valence-electron chi connectivity index (χ0n) is 18.4. The summed E-state index contributed by atoms with van der Waals surface area (Å²) < 4.78 is 33.1. The summed E-state index contributed by atoms with van der Waals surface area (Å²) in [6.45, 7) is 2.98. The Labute approximate surface area is 189 Å². The highest BCUT2D eigenvalue weighted by Gasteiger charge is 2.35. The summed E-state index contributed by atoms with van der Waals surface area (Å²) in [5.41, 5.74) is 2.36. The molecule has 2 aromatic rings. The largest absolute Gasteiger partial charge is 0.508 e. The van der Waals surface area contributed by atoms with E-state index < -0.39 is 10.0 Å². The van der Waals surface area contributed by atoms with Crippen LogP contribution in [0.5, 0.6) is 5.75 Å². The number of hydrogen-bond donors (Lipinski definition) is 2. The Balaban J connectivity index is 2.03. The zero-order valence-corrected chi connectivity index (χ0v) is 19.3. The number of hydrogen-bond acceptors (Lipinski definition) is 5. The van der Waals surface area contributed by atoms with Crippen LogP contribution in [-0.4, -0.2) is 68.4 Å². The van der Waals surface area contributed by atoms with Crippen LogP contribution in [0.25, 0.3) is 6.08 Å². The summed E-state index contributed by atoms with van der Waals surface area (Å²) in [5, 5.41) is 18.2. The third kappa shape index (κ3) is 5.35. The van der Waals surface area contributed by atoms with Crippen LogP contribution in [0, 0.1) is 12.3 Å². The Morgan fingerprint density at radius 2 is 2.00 bits per heavy atom. The molecule has 1 saturated heterocycles. The molecule has 9 heteroatoms. The molecule has 1 aliphatic heterocycles. The topological polar surface area (TPSA) is 106 Å². The molecular formula is C23H28N4O4S. The van der Waals surface area contributed by atoms with Gasteiger partial charge in [0.2, 0.25) is 5.96 Å². The fraction of sp³-hybridized carbons (Fsp3) is 0.304. The van der Waals surface area contributed by atoms with E-state index in [1.54, 1.807) is 67.6 Å². The maximum atomic E-state index is 13.4. The molecule has 0 aromatic heterocycles. The quantitative estimate of drug-likeness (QED) is 0.513. The third-order valence-electron chi connectivity index (χ3n) is 5.13. The van der Waals surface area contributed by atoms with Crippen molar-refractivity contribution in [2.24, 2.45) is 4.99 Å². The first kappa shape index (κ1) is 23.5.